The molecule has 22 heavy (non-hydrogen) atoms. The summed E-state index contributed by atoms with van der Waals surface area (Å²) in [6, 6.07) is 10.7. The molecule has 2 aromatic rings. The Balaban J connectivity index is 1.58. The molecule has 1 saturated carbocycles. The molecule has 1 aliphatic rings. The van der Waals surface area contributed by atoms with E-state index in [4.69, 9.17) is 16.0 Å². The van der Waals surface area contributed by atoms with Crippen LogP contribution in [0.25, 0.3) is 11.3 Å². The van der Waals surface area contributed by atoms with E-state index in [2.05, 4.69) is 10.6 Å². The summed E-state index contributed by atoms with van der Waals surface area (Å²) in [5, 5.41) is 5.97. The molecule has 3 rings (SSSR count). The molecule has 1 aromatic heterocycles. The maximum Gasteiger partial charge on any atom is 0.287 e. The first-order valence-corrected chi connectivity index (χ1v) is 7.43. The zero-order valence-electron chi connectivity index (χ0n) is 11.8. The van der Waals surface area contributed by atoms with E-state index in [1.54, 1.807) is 24.3 Å². The topological polar surface area (TPSA) is 71.3 Å². The van der Waals surface area contributed by atoms with Crippen molar-refractivity contribution in [1.82, 2.24) is 10.6 Å². The fraction of sp³-hybridized carbons (Fsp3) is 0.250. The second kappa shape index (κ2) is 6.23. The average Bonchev–Trinajstić information content (AvgIpc) is 3.18. The monoisotopic (exact) mass is 318 g/mol. The molecule has 1 aliphatic carbocycles. The van der Waals surface area contributed by atoms with Crippen molar-refractivity contribution in [2.75, 3.05) is 6.54 Å². The minimum Gasteiger partial charge on any atom is -0.451 e. The second-order valence-electron chi connectivity index (χ2n) is 5.20. The number of hydrogen-bond donors (Lipinski definition) is 2. The van der Waals surface area contributed by atoms with Crippen molar-refractivity contribution in [3.8, 4) is 11.3 Å². The molecular weight excluding hydrogens is 304 g/mol. The Morgan fingerprint density at radius 3 is 2.55 bits per heavy atom. The number of nitrogens with one attached hydrogen (secondary N) is 2. The number of carbonyl (C=O) groups excluding carboxylic acids is 2. The Hall–Kier alpha value is -2.27. The summed E-state index contributed by atoms with van der Waals surface area (Å²) in [6.45, 7) is -0.0493. The van der Waals surface area contributed by atoms with Crippen LogP contribution < -0.4 is 10.6 Å². The Morgan fingerprint density at radius 2 is 1.86 bits per heavy atom. The molecule has 0 spiro atoms. The molecule has 0 unspecified atom stereocenters. The van der Waals surface area contributed by atoms with Crippen molar-refractivity contribution in [3.05, 3.63) is 47.2 Å². The third-order valence-corrected chi connectivity index (χ3v) is 3.56. The van der Waals surface area contributed by atoms with Crippen molar-refractivity contribution in [2.45, 2.75) is 18.9 Å². The lowest BCUT2D eigenvalue weighted by Crippen LogP contribution is -2.37. The zero-order chi connectivity index (χ0) is 15.5. The lowest BCUT2D eigenvalue weighted by atomic mass is 10.2. The van der Waals surface area contributed by atoms with Crippen LogP contribution in [-0.4, -0.2) is 24.4 Å². The molecule has 0 bridgehead atoms. The highest BCUT2D eigenvalue weighted by molar-refractivity contribution is 6.30. The van der Waals surface area contributed by atoms with Gasteiger partial charge in [-0.3, -0.25) is 9.59 Å². The Kier molecular flexibility index (Phi) is 4.15. The number of rotatable bonds is 5. The number of benzene rings is 1. The predicted octanol–water partition coefficient (Wildman–Crippen LogP) is 2.61. The first-order chi connectivity index (χ1) is 10.6. The molecule has 114 valence electrons. The van der Waals surface area contributed by atoms with Gasteiger partial charge in [-0.15, -0.1) is 0 Å². The quantitative estimate of drug-likeness (QED) is 0.890. The van der Waals surface area contributed by atoms with Crippen LogP contribution in [0.4, 0.5) is 0 Å². The fourth-order valence-corrected chi connectivity index (χ4v) is 2.11. The molecule has 0 radical (unpaired) electrons. The summed E-state index contributed by atoms with van der Waals surface area (Å²) in [5.74, 6) is 0.153. The van der Waals surface area contributed by atoms with Crippen molar-refractivity contribution in [1.29, 1.82) is 0 Å². The van der Waals surface area contributed by atoms with Crippen molar-refractivity contribution in [3.63, 3.8) is 0 Å². The minimum absolute atomic E-state index is 0.0493. The molecule has 0 saturated heterocycles. The highest BCUT2D eigenvalue weighted by Crippen LogP contribution is 2.23. The molecule has 1 aromatic carbocycles. The van der Waals surface area contributed by atoms with Gasteiger partial charge in [0.25, 0.3) is 5.91 Å². The lowest BCUT2D eigenvalue weighted by Gasteiger charge is -2.04. The number of carbonyl (C=O) groups is 2. The second-order valence-corrected chi connectivity index (χ2v) is 5.63. The van der Waals surface area contributed by atoms with Crippen LogP contribution in [0.2, 0.25) is 5.02 Å². The van der Waals surface area contributed by atoms with Gasteiger partial charge in [-0.2, -0.15) is 0 Å². The zero-order valence-corrected chi connectivity index (χ0v) is 12.5. The Bertz CT molecular complexity index is 690. The van der Waals surface area contributed by atoms with Crippen molar-refractivity contribution in [2.24, 2.45) is 0 Å². The predicted molar refractivity (Wildman–Crippen MR) is 82.7 cm³/mol. The maximum atomic E-state index is 11.9. The lowest BCUT2D eigenvalue weighted by molar-refractivity contribution is -0.120. The SMILES string of the molecule is O=C(CNC(=O)c1ccc(-c2ccc(Cl)cc2)o1)NC1CC1. The first-order valence-electron chi connectivity index (χ1n) is 7.05. The van der Waals surface area contributed by atoms with Gasteiger partial charge in [0.1, 0.15) is 5.76 Å². The Morgan fingerprint density at radius 1 is 1.14 bits per heavy atom. The van der Waals surface area contributed by atoms with E-state index < -0.39 is 5.91 Å². The van der Waals surface area contributed by atoms with E-state index in [9.17, 15) is 9.59 Å². The molecular formula is C16H15ClN2O3. The minimum atomic E-state index is -0.411. The summed E-state index contributed by atoms with van der Waals surface area (Å²) >= 11 is 5.83. The van der Waals surface area contributed by atoms with Crippen LogP contribution in [0.3, 0.4) is 0 Å². The molecule has 2 amide bonds. The highest BCUT2D eigenvalue weighted by atomic mass is 35.5. The van der Waals surface area contributed by atoms with E-state index in [1.807, 2.05) is 12.1 Å². The largest absolute Gasteiger partial charge is 0.451 e. The first kappa shape index (κ1) is 14.7. The van der Waals surface area contributed by atoms with Gasteiger partial charge in [-0.1, -0.05) is 11.6 Å². The average molecular weight is 319 g/mol. The van der Waals surface area contributed by atoms with Gasteiger partial charge in [-0.05, 0) is 49.2 Å². The van der Waals surface area contributed by atoms with Crippen LogP contribution in [0.15, 0.2) is 40.8 Å². The number of amides is 2. The third-order valence-electron chi connectivity index (χ3n) is 3.31. The van der Waals surface area contributed by atoms with Crippen LogP contribution in [0, 0.1) is 0 Å². The molecule has 5 nitrogen and oxygen atoms in total. The fourth-order valence-electron chi connectivity index (χ4n) is 1.98. The number of halogens is 1. The van der Waals surface area contributed by atoms with Gasteiger partial charge in [0.15, 0.2) is 5.76 Å². The van der Waals surface area contributed by atoms with Gasteiger partial charge < -0.3 is 15.1 Å². The smallest absolute Gasteiger partial charge is 0.287 e. The van der Waals surface area contributed by atoms with Crippen LogP contribution in [0.1, 0.15) is 23.4 Å². The molecule has 1 heterocycles. The van der Waals surface area contributed by atoms with E-state index in [0.29, 0.717) is 10.8 Å². The molecule has 6 heteroatoms. The standard InChI is InChI=1S/C16H15ClN2O3/c17-11-3-1-10(2-4-11)13-7-8-14(22-13)16(21)18-9-15(20)19-12-5-6-12/h1-4,7-8,12H,5-6,9H2,(H,18,21)(H,19,20). The molecule has 0 atom stereocenters. The van der Waals surface area contributed by atoms with E-state index in [0.717, 1.165) is 18.4 Å². The highest BCUT2D eigenvalue weighted by Gasteiger charge is 2.23. The maximum absolute atomic E-state index is 11.9. The van der Waals surface area contributed by atoms with Crippen molar-refractivity contribution < 1.29 is 14.0 Å². The van der Waals surface area contributed by atoms with E-state index in [-0.39, 0.29) is 24.3 Å². The summed E-state index contributed by atoms with van der Waals surface area (Å²) in [5.41, 5.74) is 0.829. The summed E-state index contributed by atoms with van der Waals surface area (Å²) < 4.78 is 5.51. The molecule has 2 N–H and O–H groups in total. The van der Waals surface area contributed by atoms with Crippen LogP contribution >= 0.6 is 11.6 Å². The molecule has 1 fully saturated rings. The van der Waals surface area contributed by atoms with Crippen LogP contribution in [-0.2, 0) is 4.79 Å². The number of hydrogen-bond acceptors (Lipinski definition) is 3. The van der Waals surface area contributed by atoms with Gasteiger partial charge in [0.05, 0.1) is 6.54 Å². The van der Waals surface area contributed by atoms with Gasteiger partial charge >= 0.3 is 0 Å². The molecule has 0 aliphatic heterocycles. The number of furan rings is 1. The van der Waals surface area contributed by atoms with E-state index >= 15 is 0 Å². The van der Waals surface area contributed by atoms with Crippen LogP contribution in [0.5, 0.6) is 0 Å². The van der Waals surface area contributed by atoms with Gasteiger partial charge in [-0.25, -0.2) is 0 Å². The van der Waals surface area contributed by atoms with E-state index in [1.165, 1.54) is 0 Å². The van der Waals surface area contributed by atoms with Crippen molar-refractivity contribution >= 4 is 23.4 Å². The van der Waals surface area contributed by atoms with Gasteiger partial charge in [0, 0.05) is 16.6 Å². The summed E-state index contributed by atoms with van der Waals surface area (Å²) in [7, 11) is 0. The Labute approximate surface area is 132 Å². The van der Waals surface area contributed by atoms with Gasteiger partial charge in [0.2, 0.25) is 5.91 Å². The summed E-state index contributed by atoms with van der Waals surface area (Å²) in [6.07, 6.45) is 2.03. The third kappa shape index (κ3) is 3.68. The normalized spacial score (nSPS) is 13.7. The summed E-state index contributed by atoms with van der Waals surface area (Å²) in [4.78, 5) is 23.5.